The monoisotopic (exact) mass is 235 g/mol. The molecule has 5 nitrogen and oxygen atoms in total. The molecule has 6 heteroatoms. The van der Waals surface area contributed by atoms with Crippen molar-refractivity contribution < 1.29 is 24.2 Å². The molecular formula is C11H6FNO4. The third-order valence-corrected chi connectivity index (χ3v) is 2.21. The van der Waals surface area contributed by atoms with E-state index in [0.29, 0.717) is 5.39 Å². The van der Waals surface area contributed by atoms with E-state index >= 15 is 0 Å². The second kappa shape index (κ2) is 3.82. The minimum absolute atomic E-state index is 0.104. The van der Waals surface area contributed by atoms with Crippen LogP contribution in [0.1, 0.15) is 20.8 Å². The summed E-state index contributed by atoms with van der Waals surface area (Å²) >= 11 is 0. The van der Waals surface area contributed by atoms with Crippen LogP contribution in [0.25, 0.3) is 10.9 Å². The summed E-state index contributed by atoms with van der Waals surface area (Å²) in [6, 6.07) is 4.70. The van der Waals surface area contributed by atoms with Crippen molar-refractivity contribution in [3.63, 3.8) is 0 Å². The maximum atomic E-state index is 12.9. The Hall–Kier alpha value is -2.50. The Morgan fingerprint density at radius 2 is 1.82 bits per heavy atom. The van der Waals surface area contributed by atoms with E-state index in [4.69, 9.17) is 10.2 Å². The van der Waals surface area contributed by atoms with Gasteiger partial charge in [0, 0.05) is 11.5 Å². The smallest absolute Gasteiger partial charge is 0.355 e. The van der Waals surface area contributed by atoms with Gasteiger partial charge in [0.2, 0.25) is 0 Å². The van der Waals surface area contributed by atoms with E-state index in [1.807, 2.05) is 0 Å². The number of benzene rings is 1. The van der Waals surface area contributed by atoms with E-state index < -0.39 is 29.0 Å². The molecule has 2 N–H and O–H groups in total. The van der Waals surface area contributed by atoms with Crippen LogP contribution in [0, 0.1) is 5.82 Å². The molecule has 1 aromatic carbocycles. The van der Waals surface area contributed by atoms with Crippen LogP contribution in [-0.4, -0.2) is 27.1 Å². The number of fused-ring (bicyclic) bond motifs is 1. The van der Waals surface area contributed by atoms with Crippen molar-refractivity contribution in [2.24, 2.45) is 0 Å². The third kappa shape index (κ3) is 1.92. The molecule has 0 aliphatic heterocycles. The van der Waals surface area contributed by atoms with Crippen LogP contribution in [0.2, 0.25) is 0 Å². The fraction of sp³-hybridized carbons (Fsp3) is 0. The largest absolute Gasteiger partial charge is 0.478 e. The fourth-order valence-electron chi connectivity index (χ4n) is 1.47. The molecule has 0 spiro atoms. The van der Waals surface area contributed by atoms with Gasteiger partial charge in [-0.15, -0.1) is 0 Å². The van der Waals surface area contributed by atoms with Gasteiger partial charge in [-0.2, -0.15) is 0 Å². The molecule has 1 heterocycles. The Labute approximate surface area is 94.1 Å². The zero-order valence-electron chi connectivity index (χ0n) is 8.35. The molecule has 0 aliphatic carbocycles. The molecule has 0 unspecified atom stereocenters. The zero-order valence-corrected chi connectivity index (χ0v) is 8.35. The molecular weight excluding hydrogens is 229 g/mol. The molecule has 0 amide bonds. The standard InChI is InChI=1S/C11H6FNO4/c12-6-2-1-5-3-7(10(14)15)9(11(16)17)13-8(5)4-6/h1-4H,(H,14,15)(H,16,17). The second-order valence-electron chi connectivity index (χ2n) is 3.33. The summed E-state index contributed by atoms with van der Waals surface area (Å²) in [5, 5.41) is 18.0. The average molecular weight is 235 g/mol. The summed E-state index contributed by atoms with van der Waals surface area (Å²) in [6.07, 6.45) is 0. The highest BCUT2D eigenvalue weighted by Gasteiger charge is 2.18. The van der Waals surface area contributed by atoms with Gasteiger partial charge >= 0.3 is 11.9 Å². The number of nitrogens with zero attached hydrogens (tertiary/aromatic N) is 1. The van der Waals surface area contributed by atoms with Crippen molar-refractivity contribution in [2.75, 3.05) is 0 Å². The maximum absolute atomic E-state index is 12.9. The van der Waals surface area contributed by atoms with E-state index in [9.17, 15) is 14.0 Å². The van der Waals surface area contributed by atoms with Crippen molar-refractivity contribution in [3.05, 3.63) is 41.3 Å². The molecule has 2 aromatic rings. The van der Waals surface area contributed by atoms with Gasteiger partial charge in [0.25, 0.3) is 0 Å². The lowest BCUT2D eigenvalue weighted by Gasteiger charge is -2.03. The Bertz CT molecular complexity index is 639. The first kappa shape index (κ1) is 11.0. The first-order valence-corrected chi connectivity index (χ1v) is 4.56. The molecule has 0 bridgehead atoms. The molecule has 2 rings (SSSR count). The van der Waals surface area contributed by atoms with Crippen LogP contribution < -0.4 is 0 Å². The van der Waals surface area contributed by atoms with Crippen LogP contribution in [0.5, 0.6) is 0 Å². The van der Waals surface area contributed by atoms with Gasteiger partial charge in [0.15, 0.2) is 5.69 Å². The van der Waals surface area contributed by atoms with Gasteiger partial charge in [0.05, 0.1) is 11.1 Å². The highest BCUT2D eigenvalue weighted by atomic mass is 19.1. The number of carboxylic acid groups (broad SMARTS) is 2. The highest BCUT2D eigenvalue weighted by molar-refractivity contribution is 6.03. The van der Waals surface area contributed by atoms with Gasteiger partial charge in [-0.1, -0.05) is 0 Å². The van der Waals surface area contributed by atoms with Crippen molar-refractivity contribution in [3.8, 4) is 0 Å². The van der Waals surface area contributed by atoms with Crippen molar-refractivity contribution in [1.29, 1.82) is 0 Å². The lowest BCUT2D eigenvalue weighted by Crippen LogP contribution is -2.10. The third-order valence-electron chi connectivity index (χ3n) is 2.21. The first-order valence-electron chi connectivity index (χ1n) is 4.56. The molecule has 0 radical (unpaired) electrons. The van der Waals surface area contributed by atoms with Gasteiger partial charge in [-0.25, -0.2) is 19.0 Å². The number of aromatic nitrogens is 1. The molecule has 0 fully saturated rings. The lowest BCUT2D eigenvalue weighted by molar-refractivity contribution is 0.0647. The average Bonchev–Trinajstić information content (AvgIpc) is 2.26. The van der Waals surface area contributed by atoms with Gasteiger partial charge in [0.1, 0.15) is 5.82 Å². The Balaban J connectivity index is 2.81. The van der Waals surface area contributed by atoms with Crippen LogP contribution in [0.4, 0.5) is 4.39 Å². The number of rotatable bonds is 2. The first-order chi connectivity index (χ1) is 7.99. The summed E-state index contributed by atoms with van der Waals surface area (Å²) < 4.78 is 12.9. The molecule has 0 saturated carbocycles. The van der Waals surface area contributed by atoms with Crippen LogP contribution in [0.15, 0.2) is 24.3 Å². The van der Waals surface area contributed by atoms with Crippen LogP contribution >= 0.6 is 0 Å². The van der Waals surface area contributed by atoms with E-state index in [1.54, 1.807) is 0 Å². The minimum atomic E-state index is -1.46. The summed E-state index contributed by atoms with van der Waals surface area (Å²) in [5.41, 5.74) is -0.917. The molecule has 0 aliphatic rings. The number of halogens is 1. The number of carbonyl (C=O) groups is 2. The second-order valence-corrected chi connectivity index (χ2v) is 3.33. The van der Waals surface area contributed by atoms with E-state index in [2.05, 4.69) is 4.98 Å². The Morgan fingerprint density at radius 1 is 1.12 bits per heavy atom. The lowest BCUT2D eigenvalue weighted by atomic mass is 10.1. The number of carboxylic acids is 2. The highest BCUT2D eigenvalue weighted by Crippen LogP contribution is 2.18. The molecule has 0 saturated heterocycles. The normalized spacial score (nSPS) is 10.4. The summed E-state index contributed by atoms with van der Waals surface area (Å²) in [7, 11) is 0. The van der Waals surface area contributed by atoms with E-state index in [-0.39, 0.29) is 5.52 Å². The molecule has 86 valence electrons. The van der Waals surface area contributed by atoms with Crippen LogP contribution in [-0.2, 0) is 0 Å². The maximum Gasteiger partial charge on any atom is 0.355 e. The minimum Gasteiger partial charge on any atom is -0.478 e. The van der Waals surface area contributed by atoms with Crippen molar-refractivity contribution >= 4 is 22.8 Å². The zero-order chi connectivity index (χ0) is 12.6. The Morgan fingerprint density at radius 3 is 2.41 bits per heavy atom. The van der Waals surface area contributed by atoms with Crippen molar-refractivity contribution in [1.82, 2.24) is 4.98 Å². The van der Waals surface area contributed by atoms with E-state index in [1.165, 1.54) is 6.07 Å². The number of aromatic carboxylic acids is 2. The summed E-state index contributed by atoms with van der Waals surface area (Å²) in [4.78, 5) is 25.3. The van der Waals surface area contributed by atoms with Crippen LogP contribution in [0.3, 0.4) is 0 Å². The van der Waals surface area contributed by atoms with Gasteiger partial charge in [-0.05, 0) is 18.2 Å². The fourth-order valence-corrected chi connectivity index (χ4v) is 1.47. The Kier molecular flexibility index (Phi) is 2.47. The predicted molar refractivity (Wildman–Crippen MR) is 55.6 cm³/mol. The quantitative estimate of drug-likeness (QED) is 0.828. The SMILES string of the molecule is O=C(O)c1cc2ccc(F)cc2nc1C(=O)O. The number of hydrogen-bond acceptors (Lipinski definition) is 3. The molecule has 1 aromatic heterocycles. The summed E-state index contributed by atoms with van der Waals surface area (Å²) in [6.45, 7) is 0. The van der Waals surface area contributed by atoms with E-state index in [0.717, 1.165) is 18.2 Å². The summed E-state index contributed by atoms with van der Waals surface area (Å²) in [5.74, 6) is -3.42. The molecule has 0 atom stereocenters. The van der Waals surface area contributed by atoms with Gasteiger partial charge in [-0.3, -0.25) is 0 Å². The number of hydrogen-bond donors (Lipinski definition) is 2. The number of pyridine rings is 1. The van der Waals surface area contributed by atoms with Crippen molar-refractivity contribution in [2.45, 2.75) is 0 Å². The topological polar surface area (TPSA) is 87.5 Å². The predicted octanol–water partition coefficient (Wildman–Crippen LogP) is 1.77. The molecule has 17 heavy (non-hydrogen) atoms. The van der Waals surface area contributed by atoms with Gasteiger partial charge < -0.3 is 10.2 Å².